The normalized spacial score (nSPS) is 18.4. The quantitative estimate of drug-likeness (QED) is 0.668. The number of fused-ring (bicyclic) bond motifs is 1. The number of piperidine rings is 1. The van der Waals surface area contributed by atoms with Gasteiger partial charge < -0.3 is 15.5 Å². The zero-order chi connectivity index (χ0) is 21.2. The van der Waals surface area contributed by atoms with Crippen LogP contribution in [0.5, 0.6) is 0 Å². The van der Waals surface area contributed by atoms with Crippen molar-refractivity contribution in [3.05, 3.63) is 30.6 Å². The predicted octanol–water partition coefficient (Wildman–Crippen LogP) is 3.09. The first-order valence-corrected chi connectivity index (χ1v) is 11.2. The van der Waals surface area contributed by atoms with Gasteiger partial charge in [-0.1, -0.05) is 19.3 Å². The summed E-state index contributed by atoms with van der Waals surface area (Å²) in [5.41, 5.74) is 2.67. The minimum atomic E-state index is -0.0116. The Morgan fingerprint density at radius 3 is 2.65 bits per heavy atom. The third-order valence-electron chi connectivity index (χ3n) is 6.51. The Kier molecular flexibility index (Phi) is 5.44. The van der Waals surface area contributed by atoms with Gasteiger partial charge >= 0.3 is 6.03 Å². The summed E-state index contributed by atoms with van der Waals surface area (Å²) in [6.07, 6.45) is 15.4. The highest BCUT2D eigenvalue weighted by atomic mass is 16.2. The number of hydrogen-bond donors (Lipinski definition) is 2. The van der Waals surface area contributed by atoms with E-state index in [9.17, 15) is 4.79 Å². The summed E-state index contributed by atoms with van der Waals surface area (Å²) in [6, 6.07) is 0.272. The molecule has 4 heterocycles. The summed E-state index contributed by atoms with van der Waals surface area (Å²) in [5.74, 6) is 1.20. The summed E-state index contributed by atoms with van der Waals surface area (Å²) >= 11 is 0. The fourth-order valence-corrected chi connectivity index (χ4v) is 4.76. The standard InChI is InChI=1S/C21H29N9O/c1-22-21(31)28-9-7-17(8-10-28)29-12-16(11-24-29)26-19-20-23-14-25-30(20)13-18(27-19)15-5-3-2-4-6-15/h11-15,17H,2-10H2,1H3,(H,22,31)(H,26,27). The number of anilines is 2. The van der Waals surface area contributed by atoms with E-state index >= 15 is 0 Å². The molecule has 0 radical (unpaired) electrons. The van der Waals surface area contributed by atoms with Gasteiger partial charge in [0.25, 0.3) is 0 Å². The average molecular weight is 424 g/mol. The summed E-state index contributed by atoms with van der Waals surface area (Å²) < 4.78 is 3.81. The number of urea groups is 1. The van der Waals surface area contributed by atoms with Gasteiger partial charge in [-0.3, -0.25) is 4.68 Å². The van der Waals surface area contributed by atoms with Crippen LogP contribution in [0, 0.1) is 0 Å². The van der Waals surface area contributed by atoms with E-state index in [2.05, 4.69) is 25.8 Å². The number of hydrogen-bond acceptors (Lipinski definition) is 6. The number of likely N-dealkylation sites (tertiary alicyclic amines) is 1. The lowest BCUT2D eigenvalue weighted by Gasteiger charge is -2.31. The minimum Gasteiger partial charge on any atom is -0.341 e. The van der Waals surface area contributed by atoms with Gasteiger partial charge in [0.1, 0.15) is 6.33 Å². The highest BCUT2D eigenvalue weighted by Gasteiger charge is 2.24. The van der Waals surface area contributed by atoms with Crippen LogP contribution in [-0.2, 0) is 0 Å². The molecule has 2 amide bonds. The first kappa shape index (κ1) is 19.8. The fraction of sp³-hybridized carbons (Fsp3) is 0.571. The van der Waals surface area contributed by atoms with Crippen molar-refractivity contribution in [3.8, 4) is 0 Å². The third kappa shape index (κ3) is 4.06. The van der Waals surface area contributed by atoms with E-state index in [0.717, 1.165) is 43.1 Å². The van der Waals surface area contributed by atoms with Crippen molar-refractivity contribution in [2.45, 2.75) is 56.9 Å². The van der Waals surface area contributed by atoms with Crippen molar-refractivity contribution in [2.24, 2.45) is 0 Å². The van der Waals surface area contributed by atoms with Crippen LogP contribution in [0.1, 0.15) is 62.6 Å². The molecular weight excluding hydrogens is 394 g/mol. The maximum atomic E-state index is 11.8. The second-order valence-electron chi connectivity index (χ2n) is 8.48. The van der Waals surface area contributed by atoms with E-state index in [1.807, 2.05) is 32.7 Å². The van der Waals surface area contributed by atoms with Crippen LogP contribution in [-0.4, -0.2) is 60.4 Å². The zero-order valence-corrected chi connectivity index (χ0v) is 17.9. The summed E-state index contributed by atoms with van der Waals surface area (Å²) in [7, 11) is 1.67. The van der Waals surface area contributed by atoms with E-state index < -0.39 is 0 Å². The summed E-state index contributed by atoms with van der Waals surface area (Å²) in [5, 5.41) is 15.0. The van der Waals surface area contributed by atoms with Gasteiger partial charge in [0.2, 0.25) is 0 Å². The molecule has 2 fully saturated rings. The molecular formula is C21H29N9O. The lowest BCUT2D eigenvalue weighted by molar-refractivity contribution is 0.170. The molecule has 0 atom stereocenters. The molecule has 1 aliphatic heterocycles. The molecule has 164 valence electrons. The predicted molar refractivity (Wildman–Crippen MR) is 116 cm³/mol. The van der Waals surface area contributed by atoms with E-state index in [1.165, 1.54) is 32.1 Å². The van der Waals surface area contributed by atoms with E-state index in [4.69, 9.17) is 4.98 Å². The van der Waals surface area contributed by atoms with E-state index in [0.29, 0.717) is 11.6 Å². The summed E-state index contributed by atoms with van der Waals surface area (Å²) in [6.45, 7) is 1.47. The smallest absolute Gasteiger partial charge is 0.317 e. The largest absolute Gasteiger partial charge is 0.341 e. The molecule has 0 bridgehead atoms. The molecule has 0 unspecified atom stereocenters. The van der Waals surface area contributed by atoms with Crippen LogP contribution in [0.15, 0.2) is 24.9 Å². The average Bonchev–Trinajstić information content (AvgIpc) is 3.49. The highest BCUT2D eigenvalue weighted by molar-refractivity contribution is 5.73. The lowest BCUT2D eigenvalue weighted by atomic mass is 9.87. The number of carbonyl (C=O) groups excluding carboxylic acids is 1. The Balaban J connectivity index is 1.32. The molecule has 0 spiro atoms. The van der Waals surface area contributed by atoms with Crippen LogP contribution >= 0.6 is 0 Å². The maximum absolute atomic E-state index is 11.8. The Bertz CT molecular complexity index is 1040. The topological polar surface area (TPSA) is 105 Å². The van der Waals surface area contributed by atoms with Crippen molar-refractivity contribution in [1.29, 1.82) is 0 Å². The number of amides is 2. The van der Waals surface area contributed by atoms with Crippen LogP contribution in [0.25, 0.3) is 5.65 Å². The van der Waals surface area contributed by atoms with Crippen LogP contribution in [0.3, 0.4) is 0 Å². The van der Waals surface area contributed by atoms with Gasteiger partial charge in [0.15, 0.2) is 11.5 Å². The number of nitrogens with zero attached hydrogens (tertiary/aromatic N) is 7. The Labute approximate surface area is 181 Å². The fourth-order valence-electron chi connectivity index (χ4n) is 4.76. The first-order chi connectivity index (χ1) is 15.2. The minimum absolute atomic E-state index is 0.0116. The third-order valence-corrected chi connectivity index (χ3v) is 6.51. The van der Waals surface area contributed by atoms with Gasteiger partial charge in [-0.2, -0.15) is 10.2 Å². The molecule has 1 aliphatic carbocycles. The second kappa shape index (κ2) is 8.52. The molecule has 10 heteroatoms. The van der Waals surface area contributed by atoms with Crippen molar-refractivity contribution in [2.75, 3.05) is 25.5 Å². The molecule has 3 aromatic heterocycles. The van der Waals surface area contributed by atoms with Crippen LogP contribution in [0.4, 0.5) is 16.3 Å². The molecule has 2 N–H and O–H groups in total. The molecule has 1 saturated heterocycles. The Morgan fingerprint density at radius 2 is 1.87 bits per heavy atom. The molecule has 3 aromatic rings. The van der Waals surface area contributed by atoms with Gasteiger partial charge in [-0.25, -0.2) is 19.3 Å². The number of carbonyl (C=O) groups is 1. The van der Waals surface area contributed by atoms with E-state index in [1.54, 1.807) is 13.4 Å². The molecule has 2 aliphatic rings. The zero-order valence-electron chi connectivity index (χ0n) is 17.9. The van der Waals surface area contributed by atoms with Gasteiger partial charge in [-0.05, 0) is 25.7 Å². The Morgan fingerprint density at radius 1 is 1.06 bits per heavy atom. The van der Waals surface area contributed by atoms with Gasteiger partial charge in [0.05, 0.1) is 29.8 Å². The summed E-state index contributed by atoms with van der Waals surface area (Å²) in [4.78, 5) is 23.0. The molecule has 1 saturated carbocycles. The van der Waals surface area contributed by atoms with Crippen LogP contribution in [0.2, 0.25) is 0 Å². The van der Waals surface area contributed by atoms with Crippen molar-refractivity contribution < 1.29 is 4.79 Å². The lowest BCUT2D eigenvalue weighted by Crippen LogP contribution is -2.43. The molecule has 10 nitrogen and oxygen atoms in total. The van der Waals surface area contributed by atoms with Crippen molar-refractivity contribution >= 4 is 23.2 Å². The van der Waals surface area contributed by atoms with Crippen molar-refractivity contribution in [1.82, 2.24) is 39.6 Å². The number of nitrogens with one attached hydrogen (secondary N) is 2. The number of aromatic nitrogens is 6. The van der Waals surface area contributed by atoms with E-state index in [-0.39, 0.29) is 12.1 Å². The van der Waals surface area contributed by atoms with Gasteiger partial charge in [0, 0.05) is 32.3 Å². The monoisotopic (exact) mass is 423 g/mol. The molecule has 31 heavy (non-hydrogen) atoms. The second-order valence-corrected chi connectivity index (χ2v) is 8.48. The molecule has 0 aromatic carbocycles. The highest BCUT2D eigenvalue weighted by Crippen LogP contribution is 2.33. The first-order valence-electron chi connectivity index (χ1n) is 11.2. The van der Waals surface area contributed by atoms with Crippen LogP contribution < -0.4 is 10.6 Å². The maximum Gasteiger partial charge on any atom is 0.317 e. The van der Waals surface area contributed by atoms with Gasteiger partial charge in [-0.15, -0.1) is 0 Å². The van der Waals surface area contributed by atoms with Crippen molar-refractivity contribution in [3.63, 3.8) is 0 Å². The Hall–Kier alpha value is -3.17. The SMILES string of the molecule is CNC(=O)N1CCC(n2cc(Nc3nc(C4CCCCC4)cn4ncnc34)cn2)CC1. The number of rotatable bonds is 4. The molecule has 5 rings (SSSR count).